The molecule has 0 saturated heterocycles. The van der Waals surface area contributed by atoms with E-state index in [4.69, 9.17) is 9.05 Å². The van der Waals surface area contributed by atoms with Crippen LogP contribution in [0.2, 0.25) is 0 Å². The molecule has 204 valence electrons. The summed E-state index contributed by atoms with van der Waals surface area (Å²) in [6.45, 7) is 10.2. The van der Waals surface area contributed by atoms with Crippen molar-refractivity contribution >= 4 is 47.3 Å². The fourth-order valence-corrected chi connectivity index (χ4v) is 6.60. The third-order valence-corrected chi connectivity index (χ3v) is 8.92. The number of fused-ring (bicyclic) bond motifs is 3. The topological polar surface area (TPSA) is 52.8 Å². The number of nitrogens with zero attached hydrogens (tertiary/aromatic N) is 2. The fourth-order valence-electron chi connectivity index (χ4n) is 4.96. The van der Waals surface area contributed by atoms with E-state index >= 15 is 0 Å². The van der Waals surface area contributed by atoms with Crippen LogP contribution in [0.4, 0.5) is 0 Å². The molecule has 0 unspecified atom stereocenters. The van der Waals surface area contributed by atoms with E-state index in [1.165, 1.54) is 32.9 Å². The van der Waals surface area contributed by atoms with Crippen LogP contribution in [0.15, 0.2) is 83.9 Å². The van der Waals surface area contributed by atoms with Crippen LogP contribution in [-0.4, -0.2) is 36.7 Å². The Morgan fingerprint density at radius 1 is 0.923 bits per heavy atom. The molecule has 39 heavy (non-hydrogen) atoms. The molecule has 0 bridgehead atoms. The van der Waals surface area contributed by atoms with Gasteiger partial charge in [-0.05, 0) is 80.7 Å². The molecule has 0 N–H and O–H groups in total. The molecule has 0 radical (unpaired) electrons. The molecule has 0 atom stereocenters. The highest BCUT2D eigenvalue weighted by atomic mass is 31.2. The van der Waals surface area contributed by atoms with Gasteiger partial charge in [-0.25, -0.2) is 0 Å². The number of benzene rings is 3. The van der Waals surface area contributed by atoms with Crippen molar-refractivity contribution in [1.82, 2.24) is 4.57 Å². The first-order valence-corrected chi connectivity index (χ1v) is 15.6. The third kappa shape index (κ3) is 7.05. The second-order valence-corrected chi connectivity index (χ2v) is 11.6. The van der Waals surface area contributed by atoms with Crippen molar-refractivity contribution in [1.29, 1.82) is 0 Å². The van der Waals surface area contributed by atoms with Crippen molar-refractivity contribution in [2.75, 3.05) is 25.9 Å². The molecule has 6 heteroatoms. The first kappa shape index (κ1) is 28.8. The number of para-hydroxylation sites is 1. The average Bonchev–Trinajstić information content (AvgIpc) is 3.26. The lowest BCUT2D eigenvalue weighted by atomic mass is 9.99. The summed E-state index contributed by atoms with van der Waals surface area (Å²) in [5.74, 6) is 0. The first-order valence-electron chi connectivity index (χ1n) is 13.8. The number of hydrogen-bond donors (Lipinski definition) is 0. The highest BCUT2D eigenvalue weighted by Gasteiger charge is 2.22. The zero-order valence-electron chi connectivity index (χ0n) is 23.5. The summed E-state index contributed by atoms with van der Waals surface area (Å²) in [6.07, 6.45) is 9.23. The summed E-state index contributed by atoms with van der Waals surface area (Å²) in [4.78, 5) is 4.56. The molecule has 1 heterocycles. The van der Waals surface area contributed by atoms with Crippen LogP contribution in [0.3, 0.4) is 0 Å². The average molecular weight is 543 g/mol. The zero-order valence-corrected chi connectivity index (χ0v) is 24.4. The molecule has 0 spiro atoms. The lowest BCUT2D eigenvalue weighted by Gasteiger charge is -2.16. The molecule has 0 fully saturated rings. The maximum absolute atomic E-state index is 12.7. The Morgan fingerprint density at radius 3 is 2.38 bits per heavy atom. The standard InChI is InChI=1S/C33H39N2O3P/c1-5-35-32-16-11-10-15-30(32)31-25-27(18-20-33(31)35)17-19-28(29-14-9-8-13-26(29)4)21-23-34-22-12-24-39(36,37-6-2)38-7-3/h8-11,13-21,23,25H,5-7,12,22,24H2,1-4H3/b19-17?,28-21-,34-23?. The molecule has 5 nitrogen and oxygen atoms in total. The molecule has 4 rings (SSSR count). The Morgan fingerprint density at radius 2 is 1.64 bits per heavy atom. The van der Waals surface area contributed by atoms with E-state index in [-0.39, 0.29) is 0 Å². The van der Waals surface area contributed by atoms with Crippen molar-refractivity contribution < 1.29 is 13.6 Å². The molecule has 3 aromatic carbocycles. The van der Waals surface area contributed by atoms with Gasteiger partial charge in [0.1, 0.15) is 0 Å². The Kier molecular flexibility index (Phi) is 10.1. The maximum Gasteiger partial charge on any atom is 0.330 e. The molecule has 0 aliphatic carbocycles. The molecule has 1 aromatic heterocycles. The van der Waals surface area contributed by atoms with Crippen LogP contribution in [0.1, 0.15) is 43.9 Å². The minimum atomic E-state index is -3.02. The molecule has 0 amide bonds. The van der Waals surface area contributed by atoms with Crippen LogP contribution >= 0.6 is 7.60 Å². The highest BCUT2D eigenvalue weighted by molar-refractivity contribution is 7.53. The van der Waals surface area contributed by atoms with E-state index in [2.05, 4.69) is 102 Å². The van der Waals surface area contributed by atoms with Gasteiger partial charge in [0.25, 0.3) is 0 Å². The number of aliphatic imine (C=N–C) groups is 1. The van der Waals surface area contributed by atoms with Gasteiger partial charge < -0.3 is 13.6 Å². The van der Waals surface area contributed by atoms with E-state index in [1.54, 1.807) is 0 Å². The number of aromatic nitrogens is 1. The van der Waals surface area contributed by atoms with E-state index in [0.29, 0.717) is 32.3 Å². The summed E-state index contributed by atoms with van der Waals surface area (Å²) in [7, 11) is -3.02. The van der Waals surface area contributed by atoms with Gasteiger partial charge in [-0.3, -0.25) is 9.56 Å². The first-order chi connectivity index (χ1) is 19.0. The molecule has 0 aliphatic heterocycles. The van der Waals surface area contributed by atoms with Crippen LogP contribution in [0.25, 0.3) is 33.5 Å². The van der Waals surface area contributed by atoms with Crippen LogP contribution in [0.5, 0.6) is 0 Å². The predicted molar refractivity (Wildman–Crippen MR) is 167 cm³/mol. The molecule has 0 aliphatic rings. The third-order valence-electron chi connectivity index (χ3n) is 6.75. The Hall–Kier alpha value is -3.24. The van der Waals surface area contributed by atoms with Gasteiger partial charge in [0, 0.05) is 41.1 Å². The van der Waals surface area contributed by atoms with E-state index < -0.39 is 7.60 Å². The number of allylic oxidation sites excluding steroid dienone is 3. The van der Waals surface area contributed by atoms with Crippen LogP contribution < -0.4 is 0 Å². The monoisotopic (exact) mass is 542 g/mol. The van der Waals surface area contributed by atoms with Gasteiger partial charge in [0.2, 0.25) is 0 Å². The van der Waals surface area contributed by atoms with Gasteiger partial charge in [-0.15, -0.1) is 0 Å². The molecular formula is C33H39N2O3P. The highest BCUT2D eigenvalue weighted by Crippen LogP contribution is 2.48. The summed E-state index contributed by atoms with van der Waals surface area (Å²) in [6, 6.07) is 23.7. The van der Waals surface area contributed by atoms with Crippen LogP contribution in [0, 0.1) is 6.92 Å². The smallest absolute Gasteiger partial charge is 0.330 e. The van der Waals surface area contributed by atoms with Crippen molar-refractivity contribution in [3.63, 3.8) is 0 Å². The van der Waals surface area contributed by atoms with Gasteiger partial charge in [0.15, 0.2) is 0 Å². The number of aryl methyl sites for hydroxylation is 2. The second-order valence-electron chi connectivity index (χ2n) is 9.39. The fraction of sp³-hybridized carbons (Fsp3) is 0.303. The van der Waals surface area contributed by atoms with Crippen molar-refractivity contribution in [3.8, 4) is 0 Å². The Balaban J connectivity index is 1.56. The lowest BCUT2D eigenvalue weighted by Crippen LogP contribution is -2.01. The van der Waals surface area contributed by atoms with E-state index in [9.17, 15) is 4.57 Å². The van der Waals surface area contributed by atoms with Crippen molar-refractivity contribution in [2.24, 2.45) is 4.99 Å². The van der Waals surface area contributed by atoms with Gasteiger partial charge in [-0.2, -0.15) is 0 Å². The predicted octanol–water partition coefficient (Wildman–Crippen LogP) is 8.95. The SMILES string of the molecule is CCOP(=O)(CCCN=C/C=C(/C=Cc1ccc2c(c1)c1ccccc1n2CC)c1ccccc1C)OCC. The maximum atomic E-state index is 12.7. The van der Waals surface area contributed by atoms with E-state index in [1.807, 2.05) is 26.1 Å². The lowest BCUT2D eigenvalue weighted by molar-refractivity contribution is 0.220. The molecular weight excluding hydrogens is 503 g/mol. The van der Waals surface area contributed by atoms with E-state index in [0.717, 1.165) is 17.7 Å². The quantitative estimate of drug-likeness (QED) is 0.0733. The zero-order chi connectivity index (χ0) is 27.7. The Labute approximate surface area is 232 Å². The summed E-state index contributed by atoms with van der Waals surface area (Å²) >= 11 is 0. The summed E-state index contributed by atoms with van der Waals surface area (Å²) < 4.78 is 25.8. The molecule has 0 saturated carbocycles. The minimum absolute atomic E-state index is 0.372. The second kappa shape index (κ2) is 13.7. The summed E-state index contributed by atoms with van der Waals surface area (Å²) in [5, 5.41) is 2.55. The molecule has 4 aromatic rings. The van der Waals surface area contributed by atoms with Gasteiger partial charge in [0.05, 0.1) is 19.4 Å². The normalized spacial score (nSPS) is 13.0. The summed E-state index contributed by atoms with van der Waals surface area (Å²) in [5.41, 5.74) is 7.14. The van der Waals surface area contributed by atoms with Gasteiger partial charge in [-0.1, -0.05) is 60.7 Å². The van der Waals surface area contributed by atoms with Gasteiger partial charge >= 0.3 is 7.60 Å². The minimum Gasteiger partial charge on any atom is -0.341 e. The Bertz CT molecular complexity index is 1540. The number of rotatable bonds is 13. The van der Waals surface area contributed by atoms with Crippen molar-refractivity contribution in [2.45, 2.75) is 40.7 Å². The van der Waals surface area contributed by atoms with Crippen LogP contribution in [-0.2, 0) is 20.2 Å². The number of hydrogen-bond acceptors (Lipinski definition) is 4. The largest absolute Gasteiger partial charge is 0.341 e. The van der Waals surface area contributed by atoms with Crippen molar-refractivity contribution in [3.05, 3.63) is 95.6 Å².